The van der Waals surface area contributed by atoms with Crippen LogP contribution in [0.1, 0.15) is 20.8 Å². The number of rotatable bonds is 1. The predicted molar refractivity (Wildman–Crippen MR) is 56.5 cm³/mol. The Morgan fingerprint density at radius 3 is 2.79 bits per heavy atom. The molecule has 3 heteroatoms. The number of hydrogen-bond acceptors (Lipinski definition) is 2. The lowest BCUT2D eigenvalue weighted by molar-refractivity contribution is 0.133. The van der Waals surface area contributed by atoms with E-state index >= 15 is 0 Å². The van der Waals surface area contributed by atoms with Crippen molar-refractivity contribution in [2.45, 2.75) is 26.4 Å². The van der Waals surface area contributed by atoms with Crippen molar-refractivity contribution in [3.05, 3.63) is 24.4 Å². The van der Waals surface area contributed by atoms with E-state index in [1.54, 1.807) is 6.20 Å². The number of fused-ring (bicyclic) bond motifs is 1. The maximum absolute atomic E-state index is 5.81. The molecule has 1 aromatic carbocycles. The van der Waals surface area contributed by atoms with E-state index in [4.69, 9.17) is 4.74 Å². The molecule has 2 aromatic rings. The van der Waals surface area contributed by atoms with Crippen LogP contribution in [0.5, 0.6) is 5.75 Å². The second-order valence-corrected chi connectivity index (χ2v) is 4.30. The van der Waals surface area contributed by atoms with Gasteiger partial charge in [0, 0.05) is 0 Å². The molecule has 0 aliphatic heterocycles. The smallest absolute Gasteiger partial charge is 0.131 e. The summed E-state index contributed by atoms with van der Waals surface area (Å²) in [5, 5.41) is 7.93. The topological polar surface area (TPSA) is 37.9 Å². The van der Waals surface area contributed by atoms with Crippen LogP contribution in [0.15, 0.2) is 24.4 Å². The average molecular weight is 190 g/mol. The molecule has 2 rings (SSSR count). The number of nitrogens with one attached hydrogen (secondary N) is 1. The SMILES string of the molecule is CC(C)(C)Oc1cccc2[nH]ncc12. The van der Waals surface area contributed by atoms with Crippen molar-refractivity contribution in [2.75, 3.05) is 0 Å². The number of hydrogen-bond donors (Lipinski definition) is 1. The first-order valence-corrected chi connectivity index (χ1v) is 4.67. The monoisotopic (exact) mass is 190 g/mol. The number of nitrogens with zero attached hydrogens (tertiary/aromatic N) is 1. The quantitative estimate of drug-likeness (QED) is 0.750. The van der Waals surface area contributed by atoms with Gasteiger partial charge in [-0.05, 0) is 32.9 Å². The minimum atomic E-state index is -0.175. The van der Waals surface area contributed by atoms with Gasteiger partial charge in [0.2, 0.25) is 0 Å². The van der Waals surface area contributed by atoms with Gasteiger partial charge in [0.1, 0.15) is 11.4 Å². The summed E-state index contributed by atoms with van der Waals surface area (Å²) in [5.41, 5.74) is 0.831. The van der Waals surface area contributed by atoms with Crippen molar-refractivity contribution in [1.29, 1.82) is 0 Å². The lowest BCUT2D eigenvalue weighted by Gasteiger charge is -2.21. The van der Waals surface area contributed by atoms with E-state index in [0.717, 1.165) is 16.7 Å². The molecule has 1 N–H and O–H groups in total. The van der Waals surface area contributed by atoms with E-state index < -0.39 is 0 Å². The third kappa shape index (κ3) is 1.71. The zero-order chi connectivity index (χ0) is 10.2. The second kappa shape index (κ2) is 3.01. The molecule has 1 aromatic heterocycles. The molecule has 3 nitrogen and oxygen atoms in total. The van der Waals surface area contributed by atoms with E-state index in [2.05, 4.69) is 10.2 Å². The van der Waals surface area contributed by atoms with Gasteiger partial charge in [0.05, 0.1) is 17.1 Å². The second-order valence-electron chi connectivity index (χ2n) is 4.30. The van der Waals surface area contributed by atoms with Crippen LogP contribution in [0.25, 0.3) is 10.9 Å². The first kappa shape index (κ1) is 9.06. The lowest BCUT2D eigenvalue weighted by Crippen LogP contribution is -2.22. The van der Waals surface area contributed by atoms with Crippen molar-refractivity contribution < 1.29 is 4.74 Å². The maximum Gasteiger partial charge on any atom is 0.131 e. The number of benzene rings is 1. The fourth-order valence-electron chi connectivity index (χ4n) is 1.36. The van der Waals surface area contributed by atoms with Gasteiger partial charge in [-0.2, -0.15) is 5.10 Å². The van der Waals surface area contributed by atoms with E-state index in [1.807, 2.05) is 39.0 Å². The first-order chi connectivity index (χ1) is 6.56. The number of ether oxygens (including phenoxy) is 1. The Hall–Kier alpha value is -1.51. The predicted octanol–water partition coefficient (Wildman–Crippen LogP) is 2.74. The molecule has 0 radical (unpaired) electrons. The van der Waals surface area contributed by atoms with Crippen LogP contribution in [0.2, 0.25) is 0 Å². The van der Waals surface area contributed by atoms with Crippen LogP contribution in [-0.4, -0.2) is 15.8 Å². The summed E-state index contributed by atoms with van der Waals surface area (Å²) >= 11 is 0. The van der Waals surface area contributed by atoms with Crippen LogP contribution in [0.4, 0.5) is 0 Å². The standard InChI is InChI=1S/C11H14N2O/c1-11(2,3)14-10-6-4-5-9-8(10)7-12-13-9/h4-7H,1-3H3,(H,12,13). The Morgan fingerprint density at radius 2 is 2.07 bits per heavy atom. The van der Waals surface area contributed by atoms with Gasteiger partial charge in [0.25, 0.3) is 0 Å². The minimum absolute atomic E-state index is 0.175. The lowest BCUT2D eigenvalue weighted by atomic mass is 10.2. The van der Waals surface area contributed by atoms with Gasteiger partial charge in [-0.3, -0.25) is 5.10 Å². The zero-order valence-electron chi connectivity index (χ0n) is 8.66. The zero-order valence-corrected chi connectivity index (χ0v) is 8.66. The molecule has 74 valence electrons. The fraction of sp³-hybridized carbons (Fsp3) is 0.364. The van der Waals surface area contributed by atoms with E-state index in [9.17, 15) is 0 Å². The molecule has 0 saturated heterocycles. The summed E-state index contributed by atoms with van der Waals surface area (Å²) in [6.07, 6.45) is 1.79. The van der Waals surface area contributed by atoms with Gasteiger partial charge >= 0.3 is 0 Å². The highest BCUT2D eigenvalue weighted by Crippen LogP contribution is 2.26. The molecule has 0 bridgehead atoms. The van der Waals surface area contributed by atoms with Gasteiger partial charge in [-0.25, -0.2) is 0 Å². The van der Waals surface area contributed by atoms with Gasteiger partial charge in [-0.15, -0.1) is 0 Å². The summed E-state index contributed by atoms with van der Waals surface area (Å²) < 4.78 is 5.81. The molecule has 0 amide bonds. The van der Waals surface area contributed by atoms with Crippen LogP contribution < -0.4 is 4.74 Å². The highest BCUT2D eigenvalue weighted by Gasteiger charge is 2.13. The minimum Gasteiger partial charge on any atom is -0.487 e. The van der Waals surface area contributed by atoms with E-state index in [0.29, 0.717) is 0 Å². The van der Waals surface area contributed by atoms with Crippen LogP contribution in [0, 0.1) is 0 Å². The van der Waals surface area contributed by atoms with Gasteiger partial charge < -0.3 is 4.74 Å². The fourth-order valence-corrected chi connectivity index (χ4v) is 1.36. The third-order valence-corrected chi connectivity index (χ3v) is 1.86. The van der Waals surface area contributed by atoms with Crippen molar-refractivity contribution in [1.82, 2.24) is 10.2 Å². The summed E-state index contributed by atoms with van der Waals surface area (Å²) in [6.45, 7) is 6.10. The highest BCUT2D eigenvalue weighted by atomic mass is 16.5. The molecule has 0 aliphatic carbocycles. The summed E-state index contributed by atoms with van der Waals surface area (Å²) in [6, 6.07) is 5.91. The van der Waals surface area contributed by atoms with Crippen LogP contribution in [-0.2, 0) is 0 Å². The number of H-pyrrole nitrogens is 1. The molecule has 0 aliphatic rings. The largest absolute Gasteiger partial charge is 0.487 e. The van der Waals surface area contributed by atoms with Gasteiger partial charge in [-0.1, -0.05) is 6.07 Å². The number of aromatic nitrogens is 2. The van der Waals surface area contributed by atoms with Crippen molar-refractivity contribution >= 4 is 10.9 Å². The molecule has 0 spiro atoms. The molecule has 14 heavy (non-hydrogen) atoms. The Morgan fingerprint density at radius 1 is 1.29 bits per heavy atom. The van der Waals surface area contributed by atoms with Crippen molar-refractivity contribution in [3.63, 3.8) is 0 Å². The average Bonchev–Trinajstić information content (AvgIpc) is 2.49. The number of aromatic amines is 1. The molecular weight excluding hydrogens is 176 g/mol. The van der Waals surface area contributed by atoms with Crippen LogP contribution in [0.3, 0.4) is 0 Å². The Bertz CT molecular complexity index is 440. The Balaban J connectivity index is 2.46. The van der Waals surface area contributed by atoms with Crippen molar-refractivity contribution in [2.24, 2.45) is 0 Å². The molecule has 0 saturated carbocycles. The molecule has 0 unspecified atom stereocenters. The molecular formula is C11H14N2O. The first-order valence-electron chi connectivity index (χ1n) is 4.67. The van der Waals surface area contributed by atoms with Crippen LogP contribution >= 0.6 is 0 Å². The summed E-state index contributed by atoms with van der Waals surface area (Å²) in [4.78, 5) is 0. The third-order valence-electron chi connectivity index (χ3n) is 1.86. The normalized spacial score (nSPS) is 11.9. The molecule has 0 fully saturated rings. The highest BCUT2D eigenvalue weighted by molar-refractivity contribution is 5.84. The van der Waals surface area contributed by atoms with Crippen molar-refractivity contribution in [3.8, 4) is 5.75 Å². The van der Waals surface area contributed by atoms with E-state index in [-0.39, 0.29) is 5.60 Å². The Kier molecular flexibility index (Phi) is 1.95. The summed E-state index contributed by atoms with van der Waals surface area (Å²) in [7, 11) is 0. The molecule has 0 atom stereocenters. The molecule has 1 heterocycles. The summed E-state index contributed by atoms with van der Waals surface area (Å²) in [5.74, 6) is 0.878. The Labute approximate surface area is 83.1 Å². The maximum atomic E-state index is 5.81. The van der Waals surface area contributed by atoms with Gasteiger partial charge in [0.15, 0.2) is 0 Å². The van der Waals surface area contributed by atoms with E-state index in [1.165, 1.54) is 0 Å².